The molecule has 2 unspecified atom stereocenters. The second-order valence-corrected chi connectivity index (χ2v) is 13.8. The minimum Gasteiger partial charge on any atom is -0.772 e. The van der Waals surface area contributed by atoms with Gasteiger partial charge in [0.1, 0.15) is 11.3 Å². The first-order valence-corrected chi connectivity index (χ1v) is 16.9. The molecule has 2 atom stereocenters. The number of alkyl halides is 3. The lowest BCUT2D eigenvalue weighted by Gasteiger charge is -2.22. The maximum absolute atomic E-state index is 13.8. The fourth-order valence-corrected chi connectivity index (χ4v) is 5.64. The van der Waals surface area contributed by atoms with Crippen molar-refractivity contribution in [2.75, 3.05) is 11.9 Å². The van der Waals surface area contributed by atoms with Crippen LogP contribution in [0.25, 0.3) is 5.69 Å². The zero-order valence-corrected chi connectivity index (χ0v) is 28.0. The van der Waals surface area contributed by atoms with Crippen LogP contribution in [0, 0.1) is 5.92 Å². The minimum atomic E-state index is -4.82. The molecule has 1 fully saturated rings. The molecular formula is C35H37F3N5O5S-. The number of amides is 2. The van der Waals surface area contributed by atoms with E-state index in [1.165, 1.54) is 12.1 Å². The van der Waals surface area contributed by atoms with Crippen LogP contribution in [0.2, 0.25) is 0 Å². The number of alkyl carbamates (subject to hydrolysis) is 1. The fraction of sp³-hybridized carbons (Fsp3) is 0.343. The highest BCUT2D eigenvalue weighted by molar-refractivity contribution is 7.78. The lowest BCUT2D eigenvalue weighted by molar-refractivity contribution is -0.141. The molecule has 10 nitrogen and oxygen atoms in total. The van der Waals surface area contributed by atoms with Gasteiger partial charge in [-0.25, -0.2) is 9.48 Å². The monoisotopic (exact) mass is 696 g/mol. The predicted molar refractivity (Wildman–Crippen MR) is 178 cm³/mol. The Labute approximate surface area is 284 Å². The Balaban J connectivity index is 1.41. The molecule has 1 heterocycles. The van der Waals surface area contributed by atoms with Crippen LogP contribution in [0.1, 0.15) is 78.1 Å². The summed E-state index contributed by atoms with van der Waals surface area (Å²) in [5, 5.41) is 12.6. The molecule has 0 bridgehead atoms. The summed E-state index contributed by atoms with van der Waals surface area (Å²) in [5.41, 5.74) is 0.999. The van der Waals surface area contributed by atoms with E-state index in [0.717, 1.165) is 35.2 Å². The topological polar surface area (TPSA) is 137 Å². The quantitative estimate of drug-likeness (QED) is 0.141. The van der Waals surface area contributed by atoms with Gasteiger partial charge in [-0.05, 0) is 92.6 Å². The Hall–Kier alpha value is -4.53. The number of halogens is 3. The molecule has 1 aliphatic carbocycles. The number of hydrogen-bond acceptors (Lipinski definition) is 7. The maximum atomic E-state index is 13.8. The normalized spacial score (nSPS) is 14.6. The van der Waals surface area contributed by atoms with Crippen molar-refractivity contribution in [1.29, 1.82) is 0 Å². The first-order valence-electron chi connectivity index (χ1n) is 15.7. The fourth-order valence-electron chi connectivity index (χ4n) is 5.19. The van der Waals surface area contributed by atoms with Crippen LogP contribution >= 0.6 is 0 Å². The van der Waals surface area contributed by atoms with Crippen LogP contribution in [0.4, 0.5) is 23.7 Å². The number of ether oxygens (including phenoxy) is 1. The Morgan fingerprint density at radius 1 is 0.980 bits per heavy atom. The summed E-state index contributed by atoms with van der Waals surface area (Å²) in [5.74, 6) is -0.409. The molecule has 5 rings (SSSR count). The Bertz CT molecular complexity index is 1830. The van der Waals surface area contributed by atoms with E-state index in [-0.39, 0.29) is 29.7 Å². The summed E-state index contributed by atoms with van der Waals surface area (Å²) in [7, 11) is 0. The molecule has 3 aromatic carbocycles. The molecule has 1 saturated carbocycles. The third-order valence-electron chi connectivity index (χ3n) is 7.58. The zero-order chi connectivity index (χ0) is 35.3. The maximum Gasteiger partial charge on any atom is 0.435 e. The van der Waals surface area contributed by atoms with Crippen molar-refractivity contribution in [1.82, 2.24) is 20.4 Å². The number of rotatable bonds is 12. The second-order valence-electron chi connectivity index (χ2n) is 12.9. The van der Waals surface area contributed by atoms with E-state index >= 15 is 0 Å². The van der Waals surface area contributed by atoms with Crippen LogP contribution in [0.3, 0.4) is 0 Å². The standard InChI is InChI=1S/C35H38F3N5O5S/c1-34(2,3)48-33(45)40-20-23-7-5-12-28(16-23)43-29(18-30(42-43)35(36,37)38)32(44)41-27-11-6-10-26(17-27)31(39-19-22-13-14-22)25-9-4-8-24(15-25)21-49(46)47/h4-12,15-18,22,31,39H,13-14,19-21H2,1-3H3,(H,40,45)(H,41,44)(H,46,47)/p-1. The zero-order valence-electron chi connectivity index (χ0n) is 27.2. The summed E-state index contributed by atoms with van der Waals surface area (Å²) < 4.78 is 70.4. The van der Waals surface area contributed by atoms with Crippen molar-refractivity contribution in [2.24, 2.45) is 5.92 Å². The average molecular weight is 697 g/mol. The molecule has 49 heavy (non-hydrogen) atoms. The molecule has 4 aromatic rings. The van der Waals surface area contributed by atoms with Crippen LogP contribution in [0.5, 0.6) is 0 Å². The van der Waals surface area contributed by atoms with Gasteiger partial charge < -0.3 is 25.2 Å². The van der Waals surface area contributed by atoms with Crippen LogP contribution in [-0.4, -0.2) is 42.7 Å². The second kappa shape index (κ2) is 14.9. The van der Waals surface area contributed by atoms with Gasteiger partial charge in [-0.15, -0.1) is 0 Å². The van der Waals surface area contributed by atoms with E-state index in [1.807, 2.05) is 18.2 Å². The van der Waals surface area contributed by atoms with Gasteiger partial charge in [-0.2, -0.15) is 18.3 Å². The van der Waals surface area contributed by atoms with Gasteiger partial charge in [0, 0.05) is 24.1 Å². The number of hydrogen-bond donors (Lipinski definition) is 3. The van der Waals surface area contributed by atoms with Gasteiger partial charge >= 0.3 is 12.3 Å². The van der Waals surface area contributed by atoms with Gasteiger partial charge in [-0.3, -0.25) is 9.00 Å². The molecule has 0 spiro atoms. The molecular weight excluding hydrogens is 659 g/mol. The van der Waals surface area contributed by atoms with Crippen molar-refractivity contribution >= 4 is 28.8 Å². The van der Waals surface area contributed by atoms with Gasteiger partial charge in [0.05, 0.1) is 11.7 Å². The molecule has 260 valence electrons. The predicted octanol–water partition coefficient (Wildman–Crippen LogP) is 6.64. The molecule has 3 N–H and O–H groups in total. The highest BCUT2D eigenvalue weighted by Crippen LogP contribution is 2.32. The van der Waals surface area contributed by atoms with Crippen molar-refractivity contribution in [3.05, 3.63) is 113 Å². The number of anilines is 1. The van der Waals surface area contributed by atoms with E-state index in [4.69, 9.17) is 4.74 Å². The van der Waals surface area contributed by atoms with Gasteiger partial charge in [-0.1, -0.05) is 59.6 Å². The van der Waals surface area contributed by atoms with E-state index < -0.39 is 40.6 Å². The first-order chi connectivity index (χ1) is 23.1. The number of benzene rings is 3. The van der Waals surface area contributed by atoms with Crippen molar-refractivity contribution in [2.45, 2.75) is 63.7 Å². The molecule has 0 aliphatic heterocycles. The lowest BCUT2D eigenvalue weighted by Crippen LogP contribution is -2.32. The molecule has 14 heteroatoms. The Morgan fingerprint density at radius 3 is 2.33 bits per heavy atom. The minimum absolute atomic E-state index is 0.0259. The van der Waals surface area contributed by atoms with Crippen LogP contribution in [-0.2, 0) is 34.3 Å². The number of nitrogens with zero attached hydrogens (tertiary/aromatic N) is 2. The SMILES string of the molecule is CC(C)(C)OC(=O)NCc1cccc(-n2nc(C(F)(F)F)cc2C(=O)Nc2cccc(C(NCC3CC3)c3cccc(CS(=O)[O-])c3)c2)c1. The van der Waals surface area contributed by atoms with E-state index in [0.29, 0.717) is 28.8 Å². The molecule has 1 aliphatic rings. The summed E-state index contributed by atoms with van der Waals surface area (Å²) in [4.78, 5) is 25.7. The number of nitrogens with one attached hydrogen (secondary N) is 3. The molecule has 0 radical (unpaired) electrons. The third kappa shape index (κ3) is 10.2. The first kappa shape index (κ1) is 35.8. The lowest BCUT2D eigenvalue weighted by atomic mass is 9.96. The van der Waals surface area contributed by atoms with Crippen molar-refractivity contribution in [3.8, 4) is 5.69 Å². The highest BCUT2D eigenvalue weighted by Gasteiger charge is 2.36. The van der Waals surface area contributed by atoms with Crippen molar-refractivity contribution in [3.63, 3.8) is 0 Å². The highest BCUT2D eigenvalue weighted by atomic mass is 32.2. The van der Waals surface area contributed by atoms with Gasteiger partial charge in [0.25, 0.3) is 5.91 Å². The van der Waals surface area contributed by atoms with Crippen LogP contribution < -0.4 is 16.0 Å². The largest absolute Gasteiger partial charge is 0.772 e. The Morgan fingerprint density at radius 2 is 1.65 bits per heavy atom. The Kier molecular flexibility index (Phi) is 10.9. The number of carbonyl (C=O) groups excluding carboxylic acids is 2. The summed E-state index contributed by atoms with van der Waals surface area (Å²) in [6.07, 6.45) is -3.25. The average Bonchev–Trinajstić information content (AvgIpc) is 3.72. The molecule has 1 aromatic heterocycles. The summed E-state index contributed by atoms with van der Waals surface area (Å²) in [6.45, 7) is 5.93. The van der Waals surface area contributed by atoms with E-state index in [1.54, 1.807) is 63.2 Å². The molecule has 0 saturated heterocycles. The van der Waals surface area contributed by atoms with Gasteiger partial charge in [0.15, 0.2) is 5.69 Å². The third-order valence-corrected chi connectivity index (χ3v) is 8.15. The number of carbonyl (C=O) groups is 2. The molecule has 2 amide bonds. The smallest absolute Gasteiger partial charge is 0.435 e. The number of aromatic nitrogens is 2. The summed E-state index contributed by atoms with van der Waals surface area (Å²) in [6, 6.07) is 20.8. The van der Waals surface area contributed by atoms with E-state index in [2.05, 4.69) is 21.0 Å². The van der Waals surface area contributed by atoms with Crippen molar-refractivity contribution < 1.29 is 36.3 Å². The van der Waals surface area contributed by atoms with Gasteiger partial charge in [0.2, 0.25) is 0 Å². The van der Waals surface area contributed by atoms with Crippen LogP contribution in [0.15, 0.2) is 78.9 Å². The summed E-state index contributed by atoms with van der Waals surface area (Å²) >= 11 is -2.26. The van der Waals surface area contributed by atoms with E-state index in [9.17, 15) is 31.5 Å².